The van der Waals surface area contributed by atoms with Crippen LogP contribution in [-0.4, -0.2) is 23.9 Å². The van der Waals surface area contributed by atoms with E-state index in [0.29, 0.717) is 18.5 Å². The highest BCUT2D eigenvalue weighted by Crippen LogP contribution is 2.10. The number of nitrogens with one attached hydrogen (secondary N) is 1. The van der Waals surface area contributed by atoms with Crippen molar-refractivity contribution in [2.45, 2.75) is 25.9 Å². The molecule has 1 aromatic carbocycles. The Morgan fingerprint density at radius 3 is 2.94 bits per heavy atom. The minimum absolute atomic E-state index is 0.182. The molecule has 0 aromatic heterocycles. The molecule has 0 fully saturated rings. The van der Waals surface area contributed by atoms with Crippen LogP contribution in [0.15, 0.2) is 24.3 Å². The number of nitrogen functional groups attached to an aromatic ring is 1. The van der Waals surface area contributed by atoms with Gasteiger partial charge in [0.25, 0.3) is 5.91 Å². The van der Waals surface area contributed by atoms with Crippen molar-refractivity contribution < 1.29 is 4.79 Å². The van der Waals surface area contributed by atoms with E-state index in [-0.39, 0.29) is 11.9 Å². The SMILES string of the molecule is CC(CC#N)N(C)Cc1cccc(C(=O)NN)c1. The van der Waals surface area contributed by atoms with Gasteiger partial charge < -0.3 is 0 Å². The normalized spacial score (nSPS) is 11.9. The number of hydrazine groups is 1. The largest absolute Gasteiger partial charge is 0.298 e. The number of hydrogen-bond donors (Lipinski definition) is 2. The Labute approximate surface area is 107 Å². The standard InChI is InChI=1S/C13H18N4O/c1-10(6-7-14)17(2)9-11-4-3-5-12(8-11)13(18)16-15/h3-5,8,10H,6,9,15H2,1-2H3,(H,16,18). The van der Waals surface area contributed by atoms with E-state index < -0.39 is 0 Å². The van der Waals surface area contributed by atoms with Crippen LogP contribution in [0.25, 0.3) is 0 Å². The molecule has 1 amide bonds. The Kier molecular flexibility index (Phi) is 5.31. The zero-order valence-corrected chi connectivity index (χ0v) is 10.7. The Morgan fingerprint density at radius 1 is 1.61 bits per heavy atom. The molecule has 0 heterocycles. The molecule has 0 radical (unpaired) electrons. The summed E-state index contributed by atoms with van der Waals surface area (Å²) in [5, 5.41) is 8.66. The second-order valence-electron chi connectivity index (χ2n) is 4.30. The minimum Gasteiger partial charge on any atom is -0.298 e. The van der Waals surface area contributed by atoms with Crippen molar-refractivity contribution in [2.24, 2.45) is 5.84 Å². The fourth-order valence-corrected chi connectivity index (χ4v) is 1.63. The third kappa shape index (κ3) is 3.84. The Bertz CT molecular complexity index is 453. The first-order valence-corrected chi connectivity index (χ1v) is 5.75. The van der Waals surface area contributed by atoms with Crippen molar-refractivity contribution in [2.75, 3.05) is 7.05 Å². The lowest BCUT2D eigenvalue weighted by Gasteiger charge is -2.22. The number of carbonyl (C=O) groups excluding carboxylic acids is 1. The molecule has 1 aromatic rings. The topological polar surface area (TPSA) is 82.2 Å². The van der Waals surface area contributed by atoms with Crippen molar-refractivity contribution in [3.05, 3.63) is 35.4 Å². The molecule has 0 saturated carbocycles. The van der Waals surface area contributed by atoms with Gasteiger partial charge in [-0.1, -0.05) is 12.1 Å². The summed E-state index contributed by atoms with van der Waals surface area (Å²) in [5.41, 5.74) is 3.66. The number of nitriles is 1. The molecule has 1 atom stereocenters. The van der Waals surface area contributed by atoms with Crippen molar-refractivity contribution >= 4 is 5.91 Å². The Balaban J connectivity index is 2.73. The van der Waals surface area contributed by atoms with Gasteiger partial charge in [0, 0.05) is 18.2 Å². The number of amides is 1. The zero-order chi connectivity index (χ0) is 13.5. The van der Waals surface area contributed by atoms with E-state index in [0.717, 1.165) is 5.56 Å². The quantitative estimate of drug-likeness (QED) is 0.462. The number of carbonyl (C=O) groups is 1. The van der Waals surface area contributed by atoms with Crippen LogP contribution in [0.5, 0.6) is 0 Å². The molecule has 0 bridgehead atoms. The summed E-state index contributed by atoms with van der Waals surface area (Å²) in [6.07, 6.45) is 0.486. The van der Waals surface area contributed by atoms with Gasteiger partial charge in [-0.3, -0.25) is 15.1 Å². The van der Waals surface area contributed by atoms with Crippen molar-refractivity contribution in [1.29, 1.82) is 5.26 Å². The number of rotatable bonds is 5. The maximum Gasteiger partial charge on any atom is 0.265 e. The van der Waals surface area contributed by atoms with Crippen LogP contribution < -0.4 is 11.3 Å². The summed E-state index contributed by atoms with van der Waals surface area (Å²) < 4.78 is 0. The number of nitrogens with two attached hydrogens (primary N) is 1. The van der Waals surface area contributed by atoms with E-state index in [1.165, 1.54) is 0 Å². The van der Waals surface area contributed by atoms with Gasteiger partial charge in [-0.15, -0.1) is 0 Å². The van der Waals surface area contributed by atoms with Gasteiger partial charge in [0.05, 0.1) is 12.5 Å². The van der Waals surface area contributed by atoms with E-state index in [1.54, 1.807) is 12.1 Å². The van der Waals surface area contributed by atoms with E-state index in [4.69, 9.17) is 11.1 Å². The highest BCUT2D eigenvalue weighted by atomic mass is 16.2. The summed E-state index contributed by atoms with van der Waals surface area (Å²) >= 11 is 0. The van der Waals surface area contributed by atoms with Gasteiger partial charge in [-0.05, 0) is 31.7 Å². The molecule has 0 saturated heterocycles. The first-order chi connectivity index (χ1) is 8.58. The van der Waals surface area contributed by atoms with Crippen molar-refractivity contribution in [1.82, 2.24) is 10.3 Å². The summed E-state index contributed by atoms with van der Waals surface area (Å²) in [4.78, 5) is 13.5. The van der Waals surface area contributed by atoms with E-state index >= 15 is 0 Å². The van der Waals surface area contributed by atoms with Crippen LogP contribution in [-0.2, 0) is 6.54 Å². The number of benzene rings is 1. The molecule has 1 rings (SSSR count). The molecule has 18 heavy (non-hydrogen) atoms. The molecule has 0 aliphatic heterocycles. The van der Waals surface area contributed by atoms with Crippen LogP contribution in [0.3, 0.4) is 0 Å². The summed E-state index contributed by atoms with van der Waals surface area (Å²) in [5.74, 6) is 4.80. The van der Waals surface area contributed by atoms with Crippen molar-refractivity contribution in [3.8, 4) is 6.07 Å². The first kappa shape index (κ1) is 14.2. The highest BCUT2D eigenvalue weighted by molar-refractivity contribution is 5.93. The van der Waals surface area contributed by atoms with Gasteiger partial charge >= 0.3 is 0 Å². The van der Waals surface area contributed by atoms with Gasteiger partial charge in [-0.2, -0.15) is 5.26 Å². The van der Waals surface area contributed by atoms with Gasteiger partial charge in [0.2, 0.25) is 0 Å². The van der Waals surface area contributed by atoms with E-state index in [9.17, 15) is 4.79 Å². The fourth-order valence-electron chi connectivity index (χ4n) is 1.63. The van der Waals surface area contributed by atoms with Gasteiger partial charge in [0.15, 0.2) is 0 Å². The maximum absolute atomic E-state index is 11.4. The Morgan fingerprint density at radius 2 is 2.33 bits per heavy atom. The molecular weight excluding hydrogens is 228 g/mol. The lowest BCUT2D eigenvalue weighted by atomic mass is 10.1. The average Bonchev–Trinajstić information content (AvgIpc) is 2.38. The molecule has 96 valence electrons. The van der Waals surface area contributed by atoms with Crippen LogP contribution in [0, 0.1) is 11.3 Å². The van der Waals surface area contributed by atoms with Crippen molar-refractivity contribution in [3.63, 3.8) is 0 Å². The molecule has 0 aliphatic rings. The van der Waals surface area contributed by atoms with Gasteiger partial charge in [0.1, 0.15) is 0 Å². The molecule has 0 spiro atoms. The average molecular weight is 246 g/mol. The predicted molar refractivity (Wildman–Crippen MR) is 69.3 cm³/mol. The predicted octanol–water partition coefficient (Wildman–Crippen LogP) is 1.02. The summed E-state index contributed by atoms with van der Waals surface area (Å²) in [6, 6.07) is 9.62. The molecule has 5 heteroatoms. The molecule has 3 N–H and O–H groups in total. The second-order valence-corrected chi connectivity index (χ2v) is 4.30. The summed E-state index contributed by atoms with van der Waals surface area (Å²) in [7, 11) is 1.96. The Hall–Kier alpha value is -1.90. The number of hydrogen-bond acceptors (Lipinski definition) is 4. The third-order valence-electron chi connectivity index (χ3n) is 2.89. The minimum atomic E-state index is -0.301. The molecule has 1 unspecified atom stereocenters. The van der Waals surface area contributed by atoms with Crippen LogP contribution in [0.2, 0.25) is 0 Å². The van der Waals surface area contributed by atoms with Crippen LogP contribution in [0.4, 0.5) is 0 Å². The molecular formula is C13H18N4O. The molecule has 5 nitrogen and oxygen atoms in total. The highest BCUT2D eigenvalue weighted by Gasteiger charge is 2.10. The zero-order valence-electron chi connectivity index (χ0n) is 10.7. The van der Waals surface area contributed by atoms with E-state index in [1.807, 2.05) is 26.1 Å². The van der Waals surface area contributed by atoms with E-state index in [2.05, 4.69) is 16.4 Å². The lowest BCUT2D eigenvalue weighted by molar-refractivity contribution is 0.0953. The maximum atomic E-state index is 11.4. The van der Waals surface area contributed by atoms with Gasteiger partial charge in [-0.25, -0.2) is 5.84 Å². The monoisotopic (exact) mass is 246 g/mol. The van der Waals surface area contributed by atoms with Crippen LogP contribution in [0.1, 0.15) is 29.3 Å². The molecule has 0 aliphatic carbocycles. The lowest BCUT2D eigenvalue weighted by Crippen LogP contribution is -2.30. The second kappa shape index (κ2) is 6.74. The number of nitrogens with zero attached hydrogens (tertiary/aromatic N) is 2. The fraction of sp³-hybridized carbons (Fsp3) is 0.385. The smallest absolute Gasteiger partial charge is 0.265 e. The summed E-state index contributed by atoms with van der Waals surface area (Å²) in [6.45, 7) is 2.69. The third-order valence-corrected chi connectivity index (χ3v) is 2.89. The van der Waals surface area contributed by atoms with Crippen LogP contribution >= 0.6 is 0 Å². The first-order valence-electron chi connectivity index (χ1n) is 5.75.